The maximum atomic E-state index is 5.98. The van der Waals surface area contributed by atoms with E-state index in [2.05, 4.69) is 12.1 Å². The van der Waals surface area contributed by atoms with Gasteiger partial charge in [0.2, 0.25) is 0 Å². The average molecular weight is 276 g/mol. The Morgan fingerprint density at radius 1 is 1.25 bits per heavy atom. The summed E-state index contributed by atoms with van der Waals surface area (Å²) in [7, 11) is 0. The molecule has 0 aromatic heterocycles. The molecule has 2 aliphatic rings. The van der Waals surface area contributed by atoms with Crippen molar-refractivity contribution in [2.45, 2.75) is 44.6 Å². The molecule has 0 amide bonds. The molecule has 3 rings (SSSR count). The molecular weight excluding hydrogens is 256 g/mol. The van der Waals surface area contributed by atoms with Crippen LogP contribution in [-0.2, 0) is 25.6 Å². The largest absolute Gasteiger partial charge is 0.493 e. The van der Waals surface area contributed by atoms with Crippen molar-refractivity contribution in [1.82, 2.24) is 0 Å². The van der Waals surface area contributed by atoms with E-state index in [-0.39, 0.29) is 18.3 Å². The molecule has 1 saturated heterocycles. The Hall–Kier alpha value is -1.36. The number of fused-ring (bicyclic) bond motifs is 1. The Kier molecular flexibility index (Phi) is 3.78. The zero-order valence-electron chi connectivity index (χ0n) is 11.8. The van der Waals surface area contributed by atoms with Crippen molar-refractivity contribution >= 4 is 0 Å². The van der Waals surface area contributed by atoms with Gasteiger partial charge in [0.15, 0.2) is 11.9 Å². The standard InChI is InChI=1S/C16H20O4/c1-16(2)19-11-14-15(20-16)13(8-9-17-14)18-10-12-6-4-3-5-7-12/h3-9,13-15H,10-11H2,1-2H3/t13-,14-,15+/m1/s1. The van der Waals surface area contributed by atoms with Crippen LogP contribution in [0.15, 0.2) is 42.7 Å². The quantitative estimate of drug-likeness (QED) is 0.850. The third-order valence-corrected chi connectivity index (χ3v) is 3.51. The fraction of sp³-hybridized carbons (Fsp3) is 0.500. The zero-order chi connectivity index (χ0) is 14.0. The van der Waals surface area contributed by atoms with Crippen LogP contribution in [0.3, 0.4) is 0 Å². The molecule has 0 unspecified atom stereocenters. The van der Waals surface area contributed by atoms with Gasteiger partial charge in [0.25, 0.3) is 0 Å². The maximum Gasteiger partial charge on any atom is 0.163 e. The summed E-state index contributed by atoms with van der Waals surface area (Å²) in [5.74, 6) is -0.593. The Morgan fingerprint density at radius 3 is 2.85 bits per heavy atom. The second-order valence-electron chi connectivity index (χ2n) is 5.56. The monoisotopic (exact) mass is 276 g/mol. The van der Waals surface area contributed by atoms with Crippen LogP contribution in [0.25, 0.3) is 0 Å². The molecule has 1 fully saturated rings. The van der Waals surface area contributed by atoms with Crippen molar-refractivity contribution in [3.8, 4) is 0 Å². The normalized spacial score (nSPS) is 31.4. The molecule has 20 heavy (non-hydrogen) atoms. The van der Waals surface area contributed by atoms with Crippen LogP contribution in [0.2, 0.25) is 0 Å². The highest BCUT2D eigenvalue weighted by atomic mass is 16.7. The average Bonchev–Trinajstić information content (AvgIpc) is 2.45. The number of rotatable bonds is 3. The predicted molar refractivity (Wildman–Crippen MR) is 73.9 cm³/mol. The Labute approximate surface area is 119 Å². The van der Waals surface area contributed by atoms with E-state index < -0.39 is 5.79 Å². The topological polar surface area (TPSA) is 36.9 Å². The van der Waals surface area contributed by atoms with Crippen LogP contribution in [0.1, 0.15) is 19.4 Å². The third kappa shape index (κ3) is 3.03. The molecule has 1 aromatic rings. The minimum absolute atomic E-state index is 0.103. The van der Waals surface area contributed by atoms with E-state index >= 15 is 0 Å². The van der Waals surface area contributed by atoms with Crippen LogP contribution >= 0.6 is 0 Å². The molecule has 0 spiro atoms. The SMILES string of the molecule is CC1(C)OC[C@H]2OC=C[C@@H](OCc3ccccc3)[C@@H]2O1. The lowest BCUT2D eigenvalue weighted by molar-refractivity contribution is -0.322. The molecular formula is C16H20O4. The summed E-state index contributed by atoms with van der Waals surface area (Å²) in [6.07, 6.45) is 3.24. The third-order valence-electron chi connectivity index (χ3n) is 3.51. The first kappa shape index (κ1) is 13.6. The molecule has 0 N–H and O–H groups in total. The van der Waals surface area contributed by atoms with E-state index in [1.807, 2.05) is 38.1 Å². The van der Waals surface area contributed by atoms with Crippen LogP contribution < -0.4 is 0 Å². The summed E-state index contributed by atoms with van der Waals surface area (Å²) in [4.78, 5) is 0. The van der Waals surface area contributed by atoms with Crippen LogP contribution in [0.5, 0.6) is 0 Å². The van der Waals surface area contributed by atoms with Crippen molar-refractivity contribution in [3.05, 3.63) is 48.2 Å². The molecule has 0 saturated carbocycles. The van der Waals surface area contributed by atoms with Crippen molar-refractivity contribution in [3.63, 3.8) is 0 Å². The van der Waals surface area contributed by atoms with Gasteiger partial charge in [0, 0.05) is 0 Å². The summed E-state index contributed by atoms with van der Waals surface area (Å²) in [6.45, 7) is 4.91. The summed E-state index contributed by atoms with van der Waals surface area (Å²) < 4.78 is 23.1. The Balaban J connectivity index is 1.65. The molecule has 2 heterocycles. The van der Waals surface area contributed by atoms with E-state index in [0.717, 1.165) is 5.56 Å². The van der Waals surface area contributed by atoms with Gasteiger partial charge in [-0.2, -0.15) is 0 Å². The number of ether oxygens (including phenoxy) is 4. The fourth-order valence-electron chi connectivity index (χ4n) is 2.46. The zero-order valence-corrected chi connectivity index (χ0v) is 11.8. The first-order chi connectivity index (χ1) is 9.64. The Morgan fingerprint density at radius 2 is 2.05 bits per heavy atom. The van der Waals surface area contributed by atoms with Gasteiger partial charge in [-0.3, -0.25) is 0 Å². The fourth-order valence-corrected chi connectivity index (χ4v) is 2.46. The van der Waals surface area contributed by atoms with Gasteiger partial charge in [0.05, 0.1) is 19.5 Å². The molecule has 0 radical (unpaired) electrons. The van der Waals surface area contributed by atoms with Gasteiger partial charge >= 0.3 is 0 Å². The predicted octanol–water partition coefficient (Wildman–Crippen LogP) is 2.64. The van der Waals surface area contributed by atoms with Crippen molar-refractivity contribution in [2.24, 2.45) is 0 Å². The molecule has 0 aliphatic carbocycles. The highest BCUT2D eigenvalue weighted by molar-refractivity contribution is 5.13. The number of hydrogen-bond acceptors (Lipinski definition) is 4. The van der Waals surface area contributed by atoms with Crippen LogP contribution in [0, 0.1) is 0 Å². The van der Waals surface area contributed by atoms with E-state index in [0.29, 0.717) is 13.2 Å². The Bertz CT molecular complexity index is 469. The van der Waals surface area contributed by atoms with Crippen LogP contribution in [0.4, 0.5) is 0 Å². The van der Waals surface area contributed by atoms with E-state index in [4.69, 9.17) is 18.9 Å². The van der Waals surface area contributed by atoms with Crippen molar-refractivity contribution in [2.75, 3.05) is 6.61 Å². The lowest BCUT2D eigenvalue weighted by Gasteiger charge is -2.44. The van der Waals surface area contributed by atoms with E-state index in [9.17, 15) is 0 Å². The van der Waals surface area contributed by atoms with Crippen molar-refractivity contribution < 1.29 is 18.9 Å². The molecule has 4 heteroatoms. The second-order valence-corrected chi connectivity index (χ2v) is 5.56. The summed E-state index contributed by atoms with van der Waals surface area (Å²) in [5.41, 5.74) is 1.15. The van der Waals surface area contributed by atoms with Gasteiger partial charge in [0.1, 0.15) is 12.2 Å². The van der Waals surface area contributed by atoms with E-state index in [1.165, 1.54) is 0 Å². The van der Waals surface area contributed by atoms with E-state index in [1.54, 1.807) is 6.26 Å². The lowest BCUT2D eigenvalue weighted by atomic mass is 10.0. The summed E-state index contributed by atoms with van der Waals surface area (Å²) >= 11 is 0. The van der Waals surface area contributed by atoms with Crippen LogP contribution in [-0.4, -0.2) is 30.7 Å². The molecule has 3 atom stereocenters. The minimum atomic E-state index is -0.593. The molecule has 108 valence electrons. The summed E-state index contributed by atoms with van der Waals surface area (Å²) in [5, 5.41) is 0. The van der Waals surface area contributed by atoms with Gasteiger partial charge < -0.3 is 18.9 Å². The minimum Gasteiger partial charge on any atom is -0.493 e. The smallest absolute Gasteiger partial charge is 0.163 e. The highest BCUT2D eigenvalue weighted by Crippen LogP contribution is 2.30. The molecule has 2 aliphatic heterocycles. The first-order valence-corrected chi connectivity index (χ1v) is 6.93. The first-order valence-electron chi connectivity index (χ1n) is 6.93. The molecule has 4 nitrogen and oxygen atoms in total. The maximum absolute atomic E-state index is 5.98. The van der Waals surface area contributed by atoms with Gasteiger partial charge in [-0.1, -0.05) is 30.3 Å². The van der Waals surface area contributed by atoms with Gasteiger partial charge in [-0.25, -0.2) is 0 Å². The summed E-state index contributed by atoms with van der Waals surface area (Å²) in [6, 6.07) is 10.1. The molecule has 0 bridgehead atoms. The van der Waals surface area contributed by atoms with Gasteiger partial charge in [-0.15, -0.1) is 0 Å². The highest BCUT2D eigenvalue weighted by Gasteiger charge is 2.43. The number of benzene rings is 1. The van der Waals surface area contributed by atoms with Gasteiger partial charge in [-0.05, 0) is 25.5 Å². The number of hydrogen-bond donors (Lipinski definition) is 0. The lowest BCUT2D eigenvalue weighted by Crippen LogP contribution is -2.55. The van der Waals surface area contributed by atoms with Crippen molar-refractivity contribution in [1.29, 1.82) is 0 Å². The molecule has 1 aromatic carbocycles. The second kappa shape index (κ2) is 5.56.